The molecule has 0 fully saturated rings. The summed E-state index contributed by atoms with van der Waals surface area (Å²) in [5.41, 5.74) is 0.951. The number of anilines is 1. The van der Waals surface area contributed by atoms with Crippen molar-refractivity contribution in [1.29, 1.82) is 0 Å². The number of nitrogens with zero attached hydrogens (tertiary/aromatic N) is 4. The fourth-order valence-electron chi connectivity index (χ4n) is 1.34. The van der Waals surface area contributed by atoms with Gasteiger partial charge in [-0.3, -0.25) is 0 Å². The summed E-state index contributed by atoms with van der Waals surface area (Å²) in [7, 11) is 6.16. The van der Waals surface area contributed by atoms with Gasteiger partial charge in [0.05, 0.1) is 5.88 Å². The van der Waals surface area contributed by atoms with E-state index in [1.165, 1.54) is 0 Å². The van der Waals surface area contributed by atoms with Crippen LogP contribution in [0.2, 0.25) is 0 Å². The molecular formula is C11H19ClN4. The second-order valence-corrected chi connectivity index (χ2v) is 4.37. The lowest BCUT2D eigenvalue weighted by Gasteiger charge is -2.18. The van der Waals surface area contributed by atoms with E-state index < -0.39 is 0 Å². The topological polar surface area (TPSA) is 32.3 Å². The number of aromatic nitrogens is 2. The van der Waals surface area contributed by atoms with Crippen molar-refractivity contribution in [2.24, 2.45) is 0 Å². The first kappa shape index (κ1) is 13.2. The molecule has 0 atom stereocenters. The number of alkyl halides is 1. The first-order chi connectivity index (χ1) is 7.63. The third-order valence-corrected chi connectivity index (χ3v) is 2.59. The standard InChI is InChI=1S/C11H19ClN4/c1-15(2)5-4-6-16(3)11-13-8-10(7-12)9-14-11/h8-9H,4-7H2,1-3H3. The van der Waals surface area contributed by atoms with Gasteiger partial charge < -0.3 is 9.80 Å². The van der Waals surface area contributed by atoms with E-state index in [1.54, 1.807) is 12.4 Å². The van der Waals surface area contributed by atoms with Gasteiger partial charge in [-0.1, -0.05) is 0 Å². The van der Waals surface area contributed by atoms with Gasteiger partial charge in [0.25, 0.3) is 0 Å². The lowest BCUT2D eigenvalue weighted by atomic mass is 10.4. The van der Waals surface area contributed by atoms with Crippen molar-refractivity contribution in [2.75, 3.05) is 39.1 Å². The molecule has 0 radical (unpaired) electrons. The van der Waals surface area contributed by atoms with Crippen LogP contribution in [0.5, 0.6) is 0 Å². The first-order valence-electron chi connectivity index (χ1n) is 5.36. The van der Waals surface area contributed by atoms with Gasteiger partial charge in [-0.05, 0) is 27.1 Å². The predicted molar refractivity (Wildman–Crippen MR) is 68.0 cm³/mol. The molecule has 4 nitrogen and oxygen atoms in total. The van der Waals surface area contributed by atoms with E-state index in [9.17, 15) is 0 Å². The van der Waals surface area contributed by atoms with Gasteiger partial charge in [0.15, 0.2) is 0 Å². The Kier molecular flexibility index (Phi) is 5.49. The normalized spacial score (nSPS) is 10.8. The van der Waals surface area contributed by atoms with Crippen LogP contribution in [0, 0.1) is 0 Å². The van der Waals surface area contributed by atoms with Crippen LogP contribution in [0.4, 0.5) is 5.95 Å². The van der Waals surface area contributed by atoms with E-state index in [0.717, 1.165) is 31.0 Å². The number of hydrogen-bond donors (Lipinski definition) is 0. The molecule has 16 heavy (non-hydrogen) atoms. The molecule has 1 aromatic rings. The molecule has 0 N–H and O–H groups in total. The predicted octanol–water partition coefficient (Wildman–Crippen LogP) is 1.60. The SMILES string of the molecule is CN(C)CCCN(C)c1ncc(CCl)cn1. The molecule has 1 rings (SSSR count). The van der Waals surface area contributed by atoms with Gasteiger partial charge in [-0.2, -0.15) is 0 Å². The van der Waals surface area contributed by atoms with E-state index in [2.05, 4.69) is 33.9 Å². The van der Waals surface area contributed by atoms with Crippen molar-refractivity contribution in [3.8, 4) is 0 Å². The summed E-state index contributed by atoms with van der Waals surface area (Å²) >= 11 is 5.68. The van der Waals surface area contributed by atoms with Gasteiger partial charge in [-0.25, -0.2) is 9.97 Å². The van der Waals surface area contributed by atoms with Crippen LogP contribution in [-0.4, -0.2) is 49.1 Å². The van der Waals surface area contributed by atoms with Crippen molar-refractivity contribution in [1.82, 2.24) is 14.9 Å². The Morgan fingerprint density at radius 3 is 2.25 bits per heavy atom. The number of halogens is 1. The highest BCUT2D eigenvalue weighted by Gasteiger charge is 2.03. The zero-order valence-electron chi connectivity index (χ0n) is 10.1. The van der Waals surface area contributed by atoms with Gasteiger partial charge in [0, 0.05) is 31.5 Å². The Morgan fingerprint density at radius 2 is 1.75 bits per heavy atom. The average Bonchev–Trinajstić information content (AvgIpc) is 2.28. The molecule has 0 spiro atoms. The second-order valence-electron chi connectivity index (χ2n) is 4.10. The minimum absolute atomic E-state index is 0.463. The molecule has 0 unspecified atom stereocenters. The van der Waals surface area contributed by atoms with E-state index in [-0.39, 0.29) is 0 Å². The molecule has 0 saturated heterocycles. The van der Waals surface area contributed by atoms with Crippen molar-refractivity contribution in [3.63, 3.8) is 0 Å². The van der Waals surface area contributed by atoms with Gasteiger partial charge in [0.1, 0.15) is 0 Å². The van der Waals surface area contributed by atoms with Crippen LogP contribution >= 0.6 is 11.6 Å². The quantitative estimate of drug-likeness (QED) is 0.710. The van der Waals surface area contributed by atoms with Crippen molar-refractivity contribution < 1.29 is 0 Å². The minimum atomic E-state index is 0.463. The molecular weight excluding hydrogens is 224 g/mol. The molecule has 90 valence electrons. The van der Waals surface area contributed by atoms with E-state index in [4.69, 9.17) is 11.6 Å². The Labute approximate surface area is 102 Å². The van der Waals surface area contributed by atoms with Crippen LogP contribution in [0.15, 0.2) is 12.4 Å². The lowest BCUT2D eigenvalue weighted by molar-refractivity contribution is 0.401. The highest BCUT2D eigenvalue weighted by molar-refractivity contribution is 6.17. The first-order valence-corrected chi connectivity index (χ1v) is 5.89. The Hall–Kier alpha value is -0.870. The molecule has 5 heteroatoms. The van der Waals surface area contributed by atoms with E-state index in [1.807, 2.05) is 7.05 Å². The molecule has 1 aromatic heterocycles. The minimum Gasteiger partial charge on any atom is -0.344 e. The highest BCUT2D eigenvalue weighted by atomic mass is 35.5. The Morgan fingerprint density at radius 1 is 1.12 bits per heavy atom. The summed E-state index contributed by atoms with van der Waals surface area (Å²) in [6, 6.07) is 0. The van der Waals surface area contributed by atoms with E-state index in [0.29, 0.717) is 5.88 Å². The molecule has 0 amide bonds. The highest BCUT2D eigenvalue weighted by Crippen LogP contribution is 2.07. The van der Waals surface area contributed by atoms with E-state index >= 15 is 0 Å². The monoisotopic (exact) mass is 242 g/mol. The summed E-state index contributed by atoms with van der Waals surface area (Å²) in [5, 5.41) is 0. The Balaban J connectivity index is 2.43. The van der Waals surface area contributed by atoms with Crippen LogP contribution in [0.25, 0.3) is 0 Å². The fourth-order valence-corrected chi connectivity index (χ4v) is 1.48. The summed E-state index contributed by atoms with van der Waals surface area (Å²) in [5.74, 6) is 1.22. The molecule has 1 heterocycles. The number of rotatable bonds is 6. The van der Waals surface area contributed by atoms with Crippen LogP contribution in [0.1, 0.15) is 12.0 Å². The summed E-state index contributed by atoms with van der Waals surface area (Å²) in [6.45, 7) is 2.03. The molecule has 0 aliphatic carbocycles. The van der Waals surface area contributed by atoms with Crippen LogP contribution in [-0.2, 0) is 5.88 Å². The van der Waals surface area contributed by atoms with Crippen LogP contribution in [0.3, 0.4) is 0 Å². The van der Waals surface area contributed by atoms with Crippen molar-refractivity contribution >= 4 is 17.5 Å². The average molecular weight is 243 g/mol. The van der Waals surface area contributed by atoms with Crippen molar-refractivity contribution in [3.05, 3.63) is 18.0 Å². The third-order valence-electron chi connectivity index (χ3n) is 2.29. The molecule has 0 aromatic carbocycles. The zero-order valence-corrected chi connectivity index (χ0v) is 10.9. The van der Waals surface area contributed by atoms with Crippen molar-refractivity contribution in [2.45, 2.75) is 12.3 Å². The number of hydrogen-bond acceptors (Lipinski definition) is 4. The zero-order chi connectivity index (χ0) is 12.0. The van der Waals surface area contributed by atoms with Gasteiger partial charge in [0.2, 0.25) is 5.95 Å². The molecule has 0 bridgehead atoms. The Bertz CT molecular complexity index is 299. The molecule has 0 saturated carbocycles. The van der Waals surface area contributed by atoms with Gasteiger partial charge >= 0.3 is 0 Å². The second kappa shape index (κ2) is 6.66. The molecule has 0 aliphatic rings. The summed E-state index contributed by atoms with van der Waals surface area (Å²) < 4.78 is 0. The fraction of sp³-hybridized carbons (Fsp3) is 0.636. The van der Waals surface area contributed by atoms with Crippen LogP contribution < -0.4 is 4.90 Å². The third kappa shape index (κ3) is 4.33. The molecule has 0 aliphatic heterocycles. The smallest absolute Gasteiger partial charge is 0.224 e. The lowest BCUT2D eigenvalue weighted by Crippen LogP contribution is -2.24. The maximum Gasteiger partial charge on any atom is 0.224 e. The maximum atomic E-state index is 5.68. The maximum absolute atomic E-state index is 5.68. The largest absolute Gasteiger partial charge is 0.344 e. The summed E-state index contributed by atoms with van der Waals surface area (Å²) in [6.07, 6.45) is 4.65. The summed E-state index contributed by atoms with van der Waals surface area (Å²) in [4.78, 5) is 12.8. The van der Waals surface area contributed by atoms with Gasteiger partial charge in [-0.15, -0.1) is 11.6 Å².